The molecule has 0 amide bonds. The van der Waals surface area contributed by atoms with Crippen LogP contribution in [0.1, 0.15) is 37.4 Å². The Hall–Kier alpha value is -0.500. The molecule has 1 aliphatic heterocycles. The number of nitrogens with zero attached hydrogens (tertiary/aromatic N) is 1. The Labute approximate surface area is 131 Å². The molecule has 1 aromatic heterocycles. The van der Waals surface area contributed by atoms with Gasteiger partial charge in [0.1, 0.15) is 16.4 Å². The van der Waals surface area contributed by atoms with E-state index in [1.54, 1.807) is 18.2 Å². The van der Waals surface area contributed by atoms with Gasteiger partial charge in [-0.2, -0.15) is 16.1 Å². The lowest BCUT2D eigenvalue weighted by molar-refractivity contribution is 0.413. The van der Waals surface area contributed by atoms with Gasteiger partial charge >= 0.3 is 0 Å². The highest BCUT2D eigenvalue weighted by atomic mass is 32.2. The molecule has 21 heavy (non-hydrogen) atoms. The fraction of sp³-hybridized carbons (Fsp3) is 0.714. The first-order valence-corrected chi connectivity index (χ1v) is 9.54. The average molecular weight is 332 g/mol. The SMILES string of the molecule is Cc1oc(C)c(S(=O)(=O)N2CCSC(C)(C)CC2)c1CN. The van der Waals surface area contributed by atoms with E-state index >= 15 is 0 Å². The Balaban J connectivity index is 2.39. The minimum Gasteiger partial charge on any atom is -0.465 e. The van der Waals surface area contributed by atoms with Gasteiger partial charge < -0.3 is 10.2 Å². The minimum absolute atomic E-state index is 0.113. The molecule has 1 aromatic rings. The van der Waals surface area contributed by atoms with Crippen LogP contribution in [0.25, 0.3) is 0 Å². The van der Waals surface area contributed by atoms with Gasteiger partial charge in [-0.25, -0.2) is 8.42 Å². The molecule has 0 bridgehead atoms. The molecule has 0 aliphatic carbocycles. The third kappa shape index (κ3) is 3.31. The Morgan fingerprint density at radius 3 is 2.57 bits per heavy atom. The van der Waals surface area contributed by atoms with Crippen LogP contribution in [0.15, 0.2) is 9.31 Å². The fourth-order valence-electron chi connectivity index (χ4n) is 2.65. The van der Waals surface area contributed by atoms with Crippen molar-refractivity contribution in [1.29, 1.82) is 0 Å². The van der Waals surface area contributed by atoms with E-state index in [9.17, 15) is 8.42 Å². The van der Waals surface area contributed by atoms with E-state index in [2.05, 4.69) is 13.8 Å². The smallest absolute Gasteiger partial charge is 0.246 e. The maximum Gasteiger partial charge on any atom is 0.246 e. The van der Waals surface area contributed by atoms with E-state index in [1.165, 1.54) is 0 Å². The Morgan fingerprint density at radius 1 is 1.29 bits per heavy atom. The van der Waals surface area contributed by atoms with E-state index in [1.807, 2.05) is 11.8 Å². The minimum atomic E-state index is -3.54. The second-order valence-electron chi connectivity index (χ2n) is 5.99. The highest BCUT2D eigenvalue weighted by Gasteiger charge is 2.34. The molecule has 0 radical (unpaired) electrons. The molecule has 0 saturated carbocycles. The lowest BCUT2D eigenvalue weighted by Crippen LogP contribution is -2.34. The Morgan fingerprint density at radius 2 is 1.95 bits per heavy atom. The van der Waals surface area contributed by atoms with Crippen LogP contribution >= 0.6 is 11.8 Å². The number of hydrogen-bond donors (Lipinski definition) is 1. The summed E-state index contributed by atoms with van der Waals surface area (Å²) in [6, 6.07) is 0. The third-order valence-electron chi connectivity index (χ3n) is 3.92. The molecule has 2 N–H and O–H groups in total. The molecule has 0 aromatic carbocycles. The quantitative estimate of drug-likeness (QED) is 0.919. The van der Waals surface area contributed by atoms with Crippen LogP contribution in [0.2, 0.25) is 0 Å². The van der Waals surface area contributed by atoms with E-state index in [-0.39, 0.29) is 16.2 Å². The van der Waals surface area contributed by atoms with Crippen molar-refractivity contribution in [2.24, 2.45) is 5.73 Å². The zero-order valence-electron chi connectivity index (χ0n) is 13.1. The topological polar surface area (TPSA) is 76.5 Å². The zero-order valence-corrected chi connectivity index (χ0v) is 14.7. The van der Waals surface area contributed by atoms with E-state index in [0.717, 1.165) is 12.2 Å². The first-order valence-electron chi connectivity index (χ1n) is 7.12. The molecule has 0 unspecified atom stereocenters. The van der Waals surface area contributed by atoms with Crippen molar-refractivity contribution in [1.82, 2.24) is 4.31 Å². The maximum atomic E-state index is 13.0. The lowest BCUT2D eigenvalue weighted by atomic mass is 10.1. The maximum absolute atomic E-state index is 13.0. The van der Waals surface area contributed by atoms with Crippen molar-refractivity contribution in [3.05, 3.63) is 17.1 Å². The monoisotopic (exact) mass is 332 g/mol. The number of hydrogen-bond acceptors (Lipinski definition) is 5. The molecular formula is C14H24N2O3S2. The predicted molar refractivity (Wildman–Crippen MR) is 86.0 cm³/mol. The van der Waals surface area contributed by atoms with Gasteiger partial charge in [-0.15, -0.1) is 0 Å². The van der Waals surface area contributed by atoms with Gasteiger partial charge in [-0.1, -0.05) is 13.8 Å². The van der Waals surface area contributed by atoms with E-state index < -0.39 is 10.0 Å². The summed E-state index contributed by atoms with van der Waals surface area (Å²) in [6.45, 7) is 9.01. The van der Waals surface area contributed by atoms with Gasteiger partial charge in [-0.3, -0.25) is 0 Å². The molecule has 120 valence electrons. The summed E-state index contributed by atoms with van der Waals surface area (Å²) in [5.74, 6) is 1.84. The number of thioether (sulfide) groups is 1. The predicted octanol–water partition coefficient (Wildman–Crippen LogP) is 2.26. The normalized spacial score (nSPS) is 20.4. The van der Waals surface area contributed by atoms with Crippen molar-refractivity contribution in [3.63, 3.8) is 0 Å². The summed E-state index contributed by atoms with van der Waals surface area (Å²) in [5, 5.41) is 0. The summed E-state index contributed by atoms with van der Waals surface area (Å²) in [6.07, 6.45) is 0.838. The van der Waals surface area contributed by atoms with Gasteiger partial charge in [0.2, 0.25) is 10.0 Å². The lowest BCUT2D eigenvalue weighted by Gasteiger charge is -2.22. The molecule has 1 saturated heterocycles. The molecule has 0 spiro atoms. The standard InChI is InChI=1S/C14H24N2O3S2/c1-10-12(9-15)13(11(2)19-10)21(17,18)16-6-5-14(3,4)20-8-7-16/h5-9,15H2,1-4H3. The molecule has 7 heteroatoms. The fourth-order valence-corrected chi connectivity index (χ4v) is 5.74. The summed E-state index contributed by atoms with van der Waals surface area (Å²) in [7, 11) is -3.54. The first kappa shape index (κ1) is 16.9. The molecule has 2 heterocycles. The van der Waals surface area contributed by atoms with Crippen molar-refractivity contribution < 1.29 is 12.8 Å². The molecule has 1 aliphatic rings. The molecule has 2 rings (SSSR count). The van der Waals surface area contributed by atoms with Crippen LogP contribution in [0.5, 0.6) is 0 Å². The number of nitrogens with two attached hydrogens (primary N) is 1. The highest BCUT2D eigenvalue weighted by molar-refractivity contribution is 8.00. The number of rotatable bonds is 3. The Kier molecular flexibility index (Phi) is 4.78. The molecule has 5 nitrogen and oxygen atoms in total. The van der Waals surface area contributed by atoms with E-state index in [0.29, 0.717) is 30.2 Å². The zero-order chi connectivity index (χ0) is 15.8. The molecule has 1 fully saturated rings. The average Bonchev–Trinajstić information content (AvgIpc) is 2.54. The van der Waals surface area contributed by atoms with Crippen molar-refractivity contribution in [2.45, 2.75) is 50.3 Å². The Bertz CT molecular complexity index is 620. The van der Waals surface area contributed by atoms with Crippen molar-refractivity contribution in [2.75, 3.05) is 18.8 Å². The largest absolute Gasteiger partial charge is 0.465 e. The summed E-state index contributed by atoms with van der Waals surface area (Å²) >= 11 is 1.82. The highest BCUT2D eigenvalue weighted by Crippen LogP contribution is 2.34. The summed E-state index contributed by atoms with van der Waals surface area (Å²) in [4.78, 5) is 0.271. The number of furan rings is 1. The van der Waals surface area contributed by atoms with E-state index in [4.69, 9.17) is 10.2 Å². The second kappa shape index (κ2) is 5.95. The van der Waals surface area contributed by atoms with Crippen molar-refractivity contribution >= 4 is 21.8 Å². The van der Waals surface area contributed by atoms with Gasteiger partial charge in [0.25, 0.3) is 0 Å². The van der Waals surface area contributed by atoms with Gasteiger partial charge in [0.15, 0.2) is 0 Å². The van der Waals surface area contributed by atoms with Crippen LogP contribution in [-0.4, -0.2) is 36.3 Å². The summed E-state index contributed by atoms with van der Waals surface area (Å²) < 4.78 is 33.1. The van der Waals surface area contributed by atoms with Crippen LogP contribution in [0.3, 0.4) is 0 Å². The second-order valence-corrected chi connectivity index (χ2v) is 9.67. The molecule has 0 atom stereocenters. The van der Waals surface area contributed by atoms with Crippen LogP contribution in [0, 0.1) is 13.8 Å². The van der Waals surface area contributed by atoms with Gasteiger partial charge in [-0.05, 0) is 20.3 Å². The van der Waals surface area contributed by atoms with Crippen molar-refractivity contribution in [3.8, 4) is 0 Å². The first-order chi connectivity index (χ1) is 9.69. The van der Waals surface area contributed by atoms with Crippen LogP contribution in [0.4, 0.5) is 0 Å². The molecular weight excluding hydrogens is 308 g/mol. The summed E-state index contributed by atoms with van der Waals surface area (Å²) in [5.41, 5.74) is 6.32. The number of aryl methyl sites for hydroxylation is 2. The van der Waals surface area contributed by atoms with Gasteiger partial charge in [0, 0.05) is 35.7 Å². The van der Waals surface area contributed by atoms with Crippen LogP contribution < -0.4 is 5.73 Å². The number of sulfonamides is 1. The van der Waals surface area contributed by atoms with Crippen LogP contribution in [-0.2, 0) is 16.6 Å². The van der Waals surface area contributed by atoms with Gasteiger partial charge in [0.05, 0.1) is 0 Å². The third-order valence-corrected chi connectivity index (χ3v) is 7.39.